The monoisotopic (exact) mass is 374 g/mol. The third kappa shape index (κ3) is 3.32. The van der Waals surface area contributed by atoms with E-state index < -0.39 is 0 Å². The fourth-order valence-electron chi connectivity index (χ4n) is 2.99. The molecule has 1 amide bonds. The van der Waals surface area contributed by atoms with Gasteiger partial charge in [0.2, 0.25) is 0 Å². The van der Waals surface area contributed by atoms with Gasteiger partial charge in [0, 0.05) is 30.4 Å². The molecule has 8 nitrogen and oxygen atoms in total. The first kappa shape index (κ1) is 17.7. The fourth-order valence-corrected chi connectivity index (χ4v) is 2.99. The summed E-state index contributed by atoms with van der Waals surface area (Å²) in [6.07, 6.45) is 4.82. The molecule has 4 rings (SSSR count). The summed E-state index contributed by atoms with van der Waals surface area (Å²) in [7, 11) is 1.72. The summed E-state index contributed by atoms with van der Waals surface area (Å²) in [5.41, 5.74) is 5.06. The molecule has 0 aliphatic heterocycles. The Balaban J connectivity index is 1.80. The van der Waals surface area contributed by atoms with E-state index in [1.807, 2.05) is 25.1 Å². The van der Waals surface area contributed by atoms with Crippen molar-refractivity contribution in [1.29, 1.82) is 0 Å². The Bertz CT molecular complexity index is 1160. The van der Waals surface area contributed by atoms with Crippen molar-refractivity contribution in [1.82, 2.24) is 30.2 Å². The smallest absolute Gasteiger partial charge is 0.254 e. The van der Waals surface area contributed by atoms with Gasteiger partial charge in [0.15, 0.2) is 0 Å². The van der Waals surface area contributed by atoms with E-state index in [-0.39, 0.29) is 5.91 Å². The second-order valence-electron chi connectivity index (χ2n) is 6.66. The van der Waals surface area contributed by atoms with Crippen molar-refractivity contribution >= 4 is 16.8 Å². The molecule has 28 heavy (non-hydrogen) atoms. The minimum absolute atomic E-state index is 0.142. The number of amides is 1. The van der Waals surface area contributed by atoms with Crippen LogP contribution in [0, 0.1) is 13.8 Å². The number of rotatable bonds is 4. The number of carbonyl (C=O) groups is 1. The van der Waals surface area contributed by atoms with E-state index in [4.69, 9.17) is 9.61 Å². The lowest BCUT2D eigenvalue weighted by Gasteiger charge is -2.18. The number of fused-ring (bicyclic) bond motifs is 1. The zero-order valence-corrected chi connectivity index (χ0v) is 15.7. The molecule has 0 spiro atoms. The Morgan fingerprint density at radius 1 is 1.11 bits per heavy atom. The molecule has 0 aliphatic rings. The molecule has 3 aromatic heterocycles. The molecule has 0 aliphatic carbocycles. The molecule has 0 N–H and O–H groups in total. The van der Waals surface area contributed by atoms with E-state index in [2.05, 4.69) is 20.3 Å². The van der Waals surface area contributed by atoms with E-state index >= 15 is 0 Å². The van der Waals surface area contributed by atoms with Crippen molar-refractivity contribution in [3.63, 3.8) is 0 Å². The normalized spacial score (nSPS) is 11.0. The van der Waals surface area contributed by atoms with Crippen molar-refractivity contribution in [3.8, 4) is 11.3 Å². The second kappa shape index (κ2) is 7.15. The van der Waals surface area contributed by atoms with Gasteiger partial charge in [-0.2, -0.15) is 0 Å². The van der Waals surface area contributed by atoms with Crippen molar-refractivity contribution in [2.24, 2.45) is 0 Å². The highest BCUT2D eigenvalue weighted by Crippen LogP contribution is 2.26. The third-order valence-corrected chi connectivity index (χ3v) is 4.53. The summed E-state index contributed by atoms with van der Waals surface area (Å²) in [6.45, 7) is 4.09. The molecule has 140 valence electrons. The molecule has 4 aromatic rings. The first-order chi connectivity index (χ1) is 13.5. The van der Waals surface area contributed by atoms with Gasteiger partial charge in [-0.15, -0.1) is 0 Å². The van der Waals surface area contributed by atoms with Crippen LogP contribution in [0.4, 0.5) is 0 Å². The van der Waals surface area contributed by atoms with Gasteiger partial charge in [0.25, 0.3) is 5.91 Å². The number of hydrogen-bond donors (Lipinski definition) is 0. The second-order valence-corrected chi connectivity index (χ2v) is 6.66. The topological polar surface area (TPSA) is 97.9 Å². The number of aryl methyl sites for hydroxylation is 2. The van der Waals surface area contributed by atoms with Gasteiger partial charge in [-0.3, -0.25) is 4.79 Å². The van der Waals surface area contributed by atoms with Crippen molar-refractivity contribution in [2.75, 3.05) is 7.05 Å². The highest BCUT2D eigenvalue weighted by atomic mass is 16.6. The van der Waals surface area contributed by atoms with Gasteiger partial charge in [-0.05, 0) is 31.5 Å². The fraction of sp³-hybridized carbons (Fsp3) is 0.200. The Morgan fingerprint density at radius 3 is 2.61 bits per heavy atom. The average Bonchev–Trinajstić information content (AvgIpc) is 3.11. The largest absolute Gasteiger partial charge is 0.336 e. The molecule has 0 saturated heterocycles. The van der Waals surface area contributed by atoms with Crippen molar-refractivity contribution in [3.05, 3.63) is 65.5 Å². The number of hydrogen-bond acceptors (Lipinski definition) is 7. The minimum Gasteiger partial charge on any atom is -0.336 e. The molecule has 3 heterocycles. The first-order valence-corrected chi connectivity index (χ1v) is 8.73. The van der Waals surface area contributed by atoms with Gasteiger partial charge in [0.05, 0.1) is 23.3 Å². The van der Waals surface area contributed by atoms with Gasteiger partial charge < -0.3 is 4.90 Å². The molecule has 0 fully saturated rings. The van der Waals surface area contributed by atoms with Crippen LogP contribution in [0.1, 0.15) is 27.3 Å². The van der Waals surface area contributed by atoms with Gasteiger partial charge in [-0.25, -0.2) is 19.6 Å². The third-order valence-electron chi connectivity index (χ3n) is 4.53. The Labute approximate surface area is 161 Å². The highest BCUT2D eigenvalue weighted by Gasteiger charge is 2.20. The Kier molecular flexibility index (Phi) is 4.52. The van der Waals surface area contributed by atoms with Gasteiger partial charge >= 0.3 is 0 Å². The molecule has 0 atom stereocenters. The SMILES string of the molecule is Cc1ccc2c(C(=O)N(C)Cc3nonc3C)cc(-c3cncnc3)nc2c1. The Morgan fingerprint density at radius 2 is 1.89 bits per heavy atom. The first-order valence-electron chi connectivity index (χ1n) is 8.73. The van der Waals surface area contributed by atoms with Crippen molar-refractivity contribution in [2.45, 2.75) is 20.4 Å². The van der Waals surface area contributed by atoms with Crippen LogP contribution in [0.2, 0.25) is 0 Å². The van der Waals surface area contributed by atoms with Crippen LogP contribution in [-0.4, -0.2) is 43.1 Å². The lowest BCUT2D eigenvalue weighted by atomic mass is 10.0. The standard InChI is InChI=1S/C20H18N6O2/c1-12-4-5-15-16(20(27)26(3)10-19-13(2)24-28-25-19)7-17(23-18(15)6-12)14-8-21-11-22-9-14/h4-9,11H,10H2,1-3H3. The average molecular weight is 374 g/mol. The van der Waals surface area contributed by atoms with Crippen LogP contribution in [-0.2, 0) is 6.54 Å². The van der Waals surface area contributed by atoms with Crippen LogP contribution in [0.25, 0.3) is 22.2 Å². The molecule has 0 radical (unpaired) electrons. The van der Waals surface area contributed by atoms with Crippen LogP contribution < -0.4 is 0 Å². The maximum Gasteiger partial charge on any atom is 0.254 e. The quantitative estimate of drug-likeness (QED) is 0.541. The van der Waals surface area contributed by atoms with E-state index in [0.29, 0.717) is 29.2 Å². The predicted molar refractivity (Wildman–Crippen MR) is 102 cm³/mol. The van der Waals surface area contributed by atoms with E-state index in [9.17, 15) is 4.79 Å². The molecular weight excluding hydrogens is 356 g/mol. The number of aromatic nitrogens is 5. The maximum atomic E-state index is 13.3. The number of nitrogens with zero attached hydrogens (tertiary/aromatic N) is 6. The lowest BCUT2D eigenvalue weighted by molar-refractivity contribution is 0.0783. The zero-order chi connectivity index (χ0) is 19.7. The van der Waals surface area contributed by atoms with Crippen molar-refractivity contribution < 1.29 is 9.42 Å². The van der Waals surface area contributed by atoms with Crippen LogP contribution in [0.3, 0.4) is 0 Å². The molecule has 0 saturated carbocycles. The van der Waals surface area contributed by atoms with Crippen LogP contribution in [0.5, 0.6) is 0 Å². The molecule has 0 bridgehead atoms. The number of carbonyl (C=O) groups excluding carboxylic acids is 1. The summed E-state index contributed by atoms with van der Waals surface area (Å²) in [6, 6.07) is 7.64. The Hall–Kier alpha value is -3.68. The summed E-state index contributed by atoms with van der Waals surface area (Å²) in [5.74, 6) is -0.142. The molecule has 8 heteroatoms. The summed E-state index contributed by atoms with van der Waals surface area (Å²) in [4.78, 5) is 27.7. The predicted octanol–water partition coefficient (Wildman–Crippen LogP) is 2.96. The van der Waals surface area contributed by atoms with E-state index in [1.165, 1.54) is 6.33 Å². The lowest BCUT2D eigenvalue weighted by Crippen LogP contribution is -2.27. The molecule has 1 aromatic carbocycles. The summed E-state index contributed by atoms with van der Waals surface area (Å²) >= 11 is 0. The summed E-state index contributed by atoms with van der Waals surface area (Å²) < 4.78 is 4.73. The minimum atomic E-state index is -0.142. The van der Waals surface area contributed by atoms with Crippen LogP contribution >= 0.6 is 0 Å². The van der Waals surface area contributed by atoms with E-state index in [0.717, 1.165) is 22.0 Å². The zero-order valence-electron chi connectivity index (χ0n) is 15.7. The maximum absolute atomic E-state index is 13.3. The molecular formula is C20H18N6O2. The van der Waals surface area contributed by atoms with E-state index in [1.54, 1.807) is 37.3 Å². The number of benzene rings is 1. The van der Waals surface area contributed by atoms with Gasteiger partial charge in [0.1, 0.15) is 17.7 Å². The van der Waals surface area contributed by atoms with Gasteiger partial charge in [-0.1, -0.05) is 22.4 Å². The number of pyridine rings is 1. The van der Waals surface area contributed by atoms with Crippen LogP contribution in [0.15, 0.2) is 47.6 Å². The molecule has 0 unspecified atom stereocenters. The summed E-state index contributed by atoms with van der Waals surface area (Å²) in [5, 5.41) is 8.42. The highest BCUT2D eigenvalue weighted by molar-refractivity contribution is 6.07.